The standard InChI is InChI=1S/C11H11FN2O4S/c1-17-9-6-4-14(18-7(6)5-19-9)11(12)3-2-8(15)13-10(11)16/h5H,2-4H2,1H3,(H,13,15,16). The number of hydroxylamine groups is 2. The highest BCUT2D eigenvalue weighted by Gasteiger charge is 2.52. The fraction of sp³-hybridized carbons (Fsp3) is 0.455. The molecule has 1 atom stereocenters. The lowest BCUT2D eigenvalue weighted by molar-refractivity contribution is -0.208. The van der Waals surface area contributed by atoms with Gasteiger partial charge in [-0.05, 0) is 0 Å². The van der Waals surface area contributed by atoms with Crippen molar-refractivity contribution in [1.29, 1.82) is 0 Å². The molecule has 102 valence electrons. The quantitative estimate of drug-likeness (QED) is 0.648. The molecule has 6 nitrogen and oxygen atoms in total. The molecule has 2 aliphatic heterocycles. The van der Waals surface area contributed by atoms with E-state index < -0.39 is 17.6 Å². The van der Waals surface area contributed by atoms with Crippen molar-refractivity contribution in [3.05, 3.63) is 10.9 Å². The monoisotopic (exact) mass is 286 g/mol. The van der Waals surface area contributed by atoms with E-state index in [1.807, 2.05) is 5.32 Å². The van der Waals surface area contributed by atoms with Crippen LogP contribution in [0.1, 0.15) is 18.4 Å². The number of nitrogens with one attached hydrogen (secondary N) is 1. The Hall–Kier alpha value is -1.67. The number of hydrogen-bond acceptors (Lipinski definition) is 6. The third-order valence-electron chi connectivity index (χ3n) is 3.19. The summed E-state index contributed by atoms with van der Waals surface area (Å²) in [6.07, 6.45) is -0.264. The molecule has 2 amide bonds. The Labute approximate surface area is 112 Å². The predicted molar refractivity (Wildman–Crippen MR) is 63.3 cm³/mol. The molecule has 2 aliphatic rings. The number of amides is 2. The summed E-state index contributed by atoms with van der Waals surface area (Å²) in [4.78, 5) is 28.1. The van der Waals surface area contributed by atoms with Gasteiger partial charge in [0.15, 0.2) is 10.8 Å². The van der Waals surface area contributed by atoms with Crippen molar-refractivity contribution in [2.24, 2.45) is 0 Å². The fourth-order valence-corrected chi connectivity index (χ4v) is 2.95. The van der Waals surface area contributed by atoms with Crippen molar-refractivity contribution in [2.45, 2.75) is 25.2 Å². The van der Waals surface area contributed by atoms with Gasteiger partial charge in [0.2, 0.25) is 5.91 Å². The number of halogens is 1. The number of nitrogens with zero attached hydrogens (tertiary/aromatic N) is 1. The Bertz CT molecular complexity index is 561. The van der Waals surface area contributed by atoms with Gasteiger partial charge in [-0.1, -0.05) is 5.06 Å². The summed E-state index contributed by atoms with van der Waals surface area (Å²) < 4.78 is 19.9. The van der Waals surface area contributed by atoms with Gasteiger partial charge in [0.1, 0.15) is 0 Å². The van der Waals surface area contributed by atoms with E-state index in [1.54, 1.807) is 5.38 Å². The molecule has 1 saturated heterocycles. The van der Waals surface area contributed by atoms with E-state index in [-0.39, 0.29) is 19.4 Å². The van der Waals surface area contributed by atoms with Gasteiger partial charge in [-0.15, -0.1) is 11.3 Å². The second-order valence-corrected chi connectivity index (χ2v) is 5.18. The molecule has 1 N–H and O–H groups in total. The third kappa shape index (κ3) is 1.79. The van der Waals surface area contributed by atoms with Crippen LogP contribution in [-0.2, 0) is 16.1 Å². The molecule has 8 heteroatoms. The lowest BCUT2D eigenvalue weighted by Gasteiger charge is -2.33. The molecule has 0 saturated carbocycles. The minimum Gasteiger partial charge on any atom is -0.487 e. The first kappa shape index (κ1) is 12.4. The van der Waals surface area contributed by atoms with Crippen LogP contribution in [0.15, 0.2) is 5.38 Å². The zero-order valence-corrected chi connectivity index (χ0v) is 10.9. The van der Waals surface area contributed by atoms with Crippen LogP contribution >= 0.6 is 11.3 Å². The van der Waals surface area contributed by atoms with Crippen LogP contribution < -0.4 is 14.9 Å². The van der Waals surface area contributed by atoms with Crippen molar-refractivity contribution in [1.82, 2.24) is 10.4 Å². The van der Waals surface area contributed by atoms with Crippen LogP contribution in [0.25, 0.3) is 0 Å². The molecule has 0 aromatic carbocycles. The van der Waals surface area contributed by atoms with Gasteiger partial charge in [-0.25, -0.2) is 4.39 Å². The Morgan fingerprint density at radius 3 is 3.05 bits per heavy atom. The van der Waals surface area contributed by atoms with Gasteiger partial charge in [-0.2, -0.15) is 0 Å². The predicted octanol–water partition coefficient (Wildman–Crippen LogP) is 0.968. The number of imide groups is 1. The highest BCUT2D eigenvalue weighted by molar-refractivity contribution is 7.12. The number of piperidine rings is 1. The van der Waals surface area contributed by atoms with Crippen LogP contribution in [0, 0.1) is 0 Å². The van der Waals surface area contributed by atoms with Crippen LogP contribution in [0.4, 0.5) is 4.39 Å². The number of fused-ring (bicyclic) bond motifs is 1. The molecular weight excluding hydrogens is 275 g/mol. The first-order valence-electron chi connectivity index (χ1n) is 5.68. The summed E-state index contributed by atoms with van der Waals surface area (Å²) in [5.41, 5.74) is 0.717. The van der Waals surface area contributed by atoms with Gasteiger partial charge >= 0.3 is 0 Å². The van der Waals surface area contributed by atoms with E-state index >= 15 is 0 Å². The van der Waals surface area contributed by atoms with Crippen LogP contribution in [0.3, 0.4) is 0 Å². The maximum Gasteiger partial charge on any atom is 0.282 e. The van der Waals surface area contributed by atoms with Gasteiger partial charge in [0.05, 0.1) is 19.2 Å². The second kappa shape index (κ2) is 4.17. The zero-order valence-electron chi connectivity index (χ0n) is 10.1. The van der Waals surface area contributed by atoms with Gasteiger partial charge < -0.3 is 9.57 Å². The van der Waals surface area contributed by atoms with E-state index in [4.69, 9.17) is 9.57 Å². The van der Waals surface area contributed by atoms with Crippen LogP contribution in [0.2, 0.25) is 0 Å². The lowest BCUT2D eigenvalue weighted by atomic mass is 10.0. The van der Waals surface area contributed by atoms with Crippen molar-refractivity contribution in [3.63, 3.8) is 0 Å². The van der Waals surface area contributed by atoms with Crippen LogP contribution in [-0.4, -0.2) is 29.8 Å². The number of hydrogen-bond donors (Lipinski definition) is 1. The van der Waals surface area contributed by atoms with Crippen molar-refractivity contribution < 1.29 is 23.6 Å². The summed E-state index contributed by atoms with van der Waals surface area (Å²) in [6, 6.07) is 0. The average Bonchev–Trinajstić information content (AvgIpc) is 2.94. The molecule has 1 aromatic heterocycles. The minimum atomic E-state index is -2.32. The summed E-state index contributed by atoms with van der Waals surface area (Å²) in [6.45, 7) is 0.111. The zero-order chi connectivity index (χ0) is 13.6. The number of thiophene rings is 1. The number of ether oxygens (including phenoxy) is 1. The Balaban J connectivity index is 1.84. The molecule has 1 fully saturated rings. The molecular formula is C11H11FN2O4S. The van der Waals surface area contributed by atoms with E-state index in [1.165, 1.54) is 18.4 Å². The molecule has 0 bridgehead atoms. The Morgan fingerprint density at radius 2 is 2.37 bits per heavy atom. The average molecular weight is 286 g/mol. The van der Waals surface area contributed by atoms with E-state index in [9.17, 15) is 14.0 Å². The third-order valence-corrected chi connectivity index (χ3v) is 4.15. The van der Waals surface area contributed by atoms with Crippen molar-refractivity contribution in [2.75, 3.05) is 7.11 Å². The van der Waals surface area contributed by atoms with Gasteiger partial charge in [0.25, 0.3) is 11.7 Å². The van der Waals surface area contributed by atoms with Gasteiger partial charge in [0, 0.05) is 18.2 Å². The smallest absolute Gasteiger partial charge is 0.282 e. The Kier molecular flexibility index (Phi) is 2.72. The molecule has 1 unspecified atom stereocenters. The summed E-state index contributed by atoms with van der Waals surface area (Å²) in [7, 11) is 1.52. The topological polar surface area (TPSA) is 67.9 Å². The lowest BCUT2D eigenvalue weighted by Crippen LogP contribution is -2.60. The number of methoxy groups -OCH3 is 1. The summed E-state index contributed by atoms with van der Waals surface area (Å²) in [5.74, 6) is -3.28. The van der Waals surface area contributed by atoms with Crippen LogP contribution in [0.5, 0.6) is 10.8 Å². The van der Waals surface area contributed by atoms with Gasteiger partial charge in [-0.3, -0.25) is 14.9 Å². The molecule has 19 heavy (non-hydrogen) atoms. The maximum absolute atomic E-state index is 14.7. The highest BCUT2D eigenvalue weighted by atomic mass is 32.1. The molecule has 0 aliphatic carbocycles. The SMILES string of the molecule is COc1scc2c1CN(C1(F)CCC(=O)NC1=O)O2. The second-order valence-electron chi connectivity index (χ2n) is 4.33. The highest BCUT2D eigenvalue weighted by Crippen LogP contribution is 2.44. The largest absolute Gasteiger partial charge is 0.487 e. The molecule has 3 rings (SSSR count). The maximum atomic E-state index is 14.7. The Morgan fingerprint density at radius 1 is 1.58 bits per heavy atom. The number of carbonyl (C=O) groups excluding carboxylic acids is 2. The first-order chi connectivity index (χ1) is 9.04. The number of alkyl halides is 1. The minimum absolute atomic E-state index is 0.0495. The normalized spacial score (nSPS) is 26.8. The van der Waals surface area contributed by atoms with E-state index in [2.05, 4.69) is 0 Å². The van der Waals surface area contributed by atoms with E-state index in [0.29, 0.717) is 16.4 Å². The molecule has 3 heterocycles. The summed E-state index contributed by atoms with van der Waals surface area (Å²) in [5, 5.41) is 5.29. The first-order valence-corrected chi connectivity index (χ1v) is 6.55. The van der Waals surface area contributed by atoms with Crippen molar-refractivity contribution >= 4 is 23.2 Å². The molecule has 1 aromatic rings. The number of rotatable bonds is 2. The number of carbonyl (C=O) groups is 2. The van der Waals surface area contributed by atoms with E-state index in [0.717, 1.165) is 5.06 Å². The summed E-state index contributed by atoms with van der Waals surface area (Å²) >= 11 is 1.35. The van der Waals surface area contributed by atoms with Crippen molar-refractivity contribution in [3.8, 4) is 10.8 Å². The fourth-order valence-electron chi connectivity index (χ4n) is 2.15. The molecule has 0 spiro atoms. The molecule has 0 radical (unpaired) electrons.